The molecule has 0 aromatic heterocycles. The molecule has 0 bridgehead atoms. The Morgan fingerprint density at radius 1 is 1.26 bits per heavy atom. The molecule has 2 fully saturated rings. The molecule has 0 unspecified atom stereocenters. The molecule has 23 heavy (non-hydrogen) atoms. The molecule has 3 rings (SSSR count). The number of halogens is 3. The molecule has 1 aromatic rings. The van der Waals surface area contributed by atoms with Crippen LogP contribution in [0, 0.1) is 5.92 Å². The van der Waals surface area contributed by atoms with Gasteiger partial charge in [-0.05, 0) is 31.0 Å². The summed E-state index contributed by atoms with van der Waals surface area (Å²) in [5.74, 6) is 0.458. The first-order valence-corrected chi connectivity index (χ1v) is 8.38. The van der Waals surface area contributed by atoms with Crippen LogP contribution in [0.4, 0.5) is 18.9 Å². The average Bonchev–Trinajstić information content (AvgIpc) is 3.22. The molecular formula is C15H15F3N2O2S. The summed E-state index contributed by atoms with van der Waals surface area (Å²) in [6, 6.07) is 3.87. The van der Waals surface area contributed by atoms with E-state index in [-0.39, 0.29) is 17.5 Å². The normalized spacial score (nSPS) is 21.3. The van der Waals surface area contributed by atoms with Crippen molar-refractivity contribution in [2.45, 2.75) is 25.1 Å². The van der Waals surface area contributed by atoms with E-state index < -0.39 is 23.7 Å². The van der Waals surface area contributed by atoms with Crippen LogP contribution in [0.25, 0.3) is 0 Å². The van der Waals surface area contributed by atoms with E-state index in [2.05, 4.69) is 5.32 Å². The highest BCUT2D eigenvalue weighted by Gasteiger charge is 2.41. The Morgan fingerprint density at radius 3 is 2.65 bits per heavy atom. The molecule has 2 amide bonds. The second-order valence-corrected chi connectivity index (χ2v) is 6.67. The van der Waals surface area contributed by atoms with Crippen molar-refractivity contribution in [1.29, 1.82) is 0 Å². The summed E-state index contributed by atoms with van der Waals surface area (Å²) in [5, 5.41) is 2.49. The summed E-state index contributed by atoms with van der Waals surface area (Å²) in [6.45, 7) is 0. The molecule has 2 aliphatic rings. The van der Waals surface area contributed by atoms with Crippen molar-refractivity contribution in [1.82, 2.24) is 4.90 Å². The van der Waals surface area contributed by atoms with Gasteiger partial charge in [-0.1, -0.05) is 6.07 Å². The fourth-order valence-corrected chi connectivity index (χ4v) is 3.60. The topological polar surface area (TPSA) is 49.4 Å². The van der Waals surface area contributed by atoms with E-state index >= 15 is 0 Å². The Hall–Kier alpha value is -1.70. The summed E-state index contributed by atoms with van der Waals surface area (Å²) in [4.78, 5) is 26.0. The van der Waals surface area contributed by atoms with Crippen LogP contribution < -0.4 is 5.32 Å². The lowest BCUT2D eigenvalue weighted by Crippen LogP contribution is -2.45. The number of carbonyl (C=O) groups excluding carboxylic acids is 2. The summed E-state index contributed by atoms with van der Waals surface area (Å²) >= 11 is 1.47. The fourth-order valence-electron chi connectivity index (χ4n) is 2.44. The highest BCUT2D eigenvalue weighted by Crippen LogP contribution is 2.35. The Labute approximate surface area is 135 Å². The van der Waals surface area contributed by atoms with E-state index in [1.165, 1.54) is 28.8 Å². The first-order chi connectivity index (χ1) is 10.9. The van der Waals surface area contributed by atoms with Gasteiger partial charge >= 0.3 is 6.18 Å². The van der Waals surface area contributed by atoms with Gasteiger partial charge in [0.2, 0.25) is 11.8 Å². The molecule has 1 aliphatic heterocycles. The molecule has 0 spiro atoms. The van der Waals surface area contributed by atoms with Crippen molar-refractivity contribution in [2.24, 2.45) is 5.92 Å². The number of hydrogen-bond acceptors (Lipinski definition) is 3. The molecule has 8 heteroatoms. The number of rotatable bonds is 3. The second-order valence-electron chi connectivity index (χ2n) is 5.67. The van der Waals surface area contributed by atoms with Crippen LogP contribution in [-0.4, -0.2) is 34.4 Å². The van der Waals surface area contributed by atoms with E-state index in [4.69, 9.17) is 0 Å². The zero-order valence-corrected chi connectivity index (χ0v) is 12.9. The average molecular weight is 344 g/mol. The number of benzene rings is 1. The third kappa shape index (κ3) is 3.63. The first-order valence-electron chi connectivity index (χ1n) is 7.22. The van der Waals surface area contributed by atoms with Crippen LogP contribution in [0.2, 0.25) is 0 Å². The van der Waals surface area contributed by atoms with Crippen LogP contribution in [0.5, 0.6) is 0 Å². The van der Waals surface area contributed by atoms with Gasteiger partial charge in [-0.25, -0.2) is 0 Å². The molecule has 1 N–H and O–H groups in total. The maximum atomic E-state index is 12.7. The smallest absolute Gasteiger partial charge is 0.324 e. The van der Waals surface area contributed by atoms with Crippen molar-refractivity contribution in [3.05, 3.63) is 29.8 Å². The minimum atomic E-state index is -4.46. The van der Waals surface area contributed by atoms with Crippen molar-refractivity contribution in [3.8, 4) is 0 Å². The van der Waals surface area contributed by atoms with E-state index in [1.54, 1.807) is 0 Å². The lowest BCUT2D eigenvalue weighted by atomic mass is 10.2. The SMILES string of the molecule is O=C(Nc1cccc(C(F)(F)F)c1)[C@H]1CSCN1C(=O)C1CC1. The number of carbonyl (C=O) groups is 2. The van der Waals surface area contributed by atoms with Crippen molar-refractivity contribution in [3.63, 3.8) is 0 Å². The monoisotopic (exact) mass is 344 g/mol. The largest absolute Gasteiger partial charge is 0.416 e. The summed E-state index contributed by atoms with van der Waals surface area (Å²) < 4.78 is 38.1. The zero-order valence-electron chi connectivity index (χ0n) is 12.1. The second kappa shape index (κ2) is 6.07. The molecule has 4 nitrogen and oxygen atoms in total. The highest BCUT2D eigenvalue weighted by atomic mass is 32.2. The van der Waals surface area contributed by atoms with Crippen LogP contribution in [-0.2, 0) is 15.8 Å². The maximum Gasteiger partial charge on any atom is 0.416 e. The quantitative estimate of drug-likeness (QED) is 0.917. The van der Waals surface area contributed by atoms with Crippen LogP contribution >= 0.6 is 11.8 Å². The Kier molecular flexibility index (Phi) is 4.27. The minimum Gasteiger partial charge on any atom is -0.324 e. The Morgan fingerprint density at radius 2 is 2.00 bits per heavy atom. The van der Waals surface area contributed by atoms with Gasteiger partial charge in [-0.3, -0.25) is 9.59 Å². The lowest BCUT2D eigenvalue weighted by Gasteiger charge is -2.23. The van der Waals surface area contributed by atoms with Gasteiger partial charge in [-0.2, -0.15) is 13.2 Å². The summed E-state index contributed by atoms with van der Waals surface area (Å²) in [5.41, 5.74) is -0.734. The molecule has 1 heterocycles. The van der Waals surface area contributed by atoms with Gasteiger partial charge in [-0.15, -0.1) is 11.8 Å². The third-order valence-electron chi connectivity index (χ3n) is 3.85. The fraction of sp³-hybridized carbons (Fsp3) is 0.467. The predicted octanol–water partition coefficient (Wildman–Crippen LogP) is 2.96. The Balaban J connectivity index is 1.70. The molecule has 1 aromatic carbocycles. The number of amides is 2. The van der Waals surface area contributed by atoms with Crippen LogP contribution in [0.3, 0.4) is 0 Å². The summed E-state index contributed by atoms with van der Waals surface area (Å²) in [7, 11) is 0. The van der Waals surface area contributed by atoms with Gasteiger partial charge in [0.05, 0.1) is 11.4 Å². The minimum absolute atomic E-state index is 0.0116. The van der Waals surface area contributed by atoms with Crippen molar-refractivity contribution in [2.75, 3.05) is 16.9 Å². The van der Waals surface area contributed by atoms with E-state index in [0.29, 0.717) is 11.6 Å². The standard InChI is InChI=1S/C15H15F3N2O2S/c16-15(17,18)10-2-1-3-11(6-10)19-13(21)12-7-23-8-20(12)14(22)9-4-5-9/h1-3,6,9,12H,4-5,7-8H2,(H,19,21)/t12-/m1/s1. The number of thioether (sulfide) groups is 1. The maximum absolute atomic E-state index is 12.7. The molecule has 0 radical (unpaired) electrons. The molecule has 1 aliphatic carbocycles. The van der Waals surface area contributed by atoms with E-state index in [9.17, 15) is 22.8 Å². The van der Waals surface area contributed by atoms with Crippen LogP contribution in [0.1, 0.15) is 18.4 Å². The van der Waals surface area contributed by atoms with Gasteiger partial charge in [0.1, 0.15) is 6.04 Å². The van der Waals surface area contributed by atoms with Crippen molar-refractivity contribution >= 4 is 29.3 Å². The summed E-state index contributed by atoms with van der Waals surface area (Å²) in [6.07, 6.45) is -2.76. The predicted molar refractivity (Wildman–Crippen MR) is 80.8 cm³/mol. The van der Waals surface area contributed by atoms with Gasteiger partial charge in [0.15, 0.2) is 0 Å². The van der Waals surface area contributed by atoms with Gasteiger partial charge in [0.25, 0.3) is 0 Å². The first kappa shape index (κ1) is 16.2. The number of nitrogens with zero attached hydrogens (tertiary/aromatic N) is 1. The zero-order chi connectivity index (χ0) is 16.6. The molecular weight excluding hydrogens is 329 g/mol. The number of anilines is 1. The molecule has 1 atom stereocenters. The lowest BCUT2D eigenvalue weighted by molar-refractivity contribution is -0.137. The molecule has 1 saturated heterocycles. The molecule has 1 saturated carbocycles. The van der Waals surface area contributed by atoms with E-state index in [0.717, 1.165) is 25.0 Å². The number of nitrogens with one attached hydrogen (secondary N) is 1. The van der Waals surface area contributed by atoms with Gasteiger partial charge in [0, 0.05) is 17.4 Å². The van der Waals surface area contributed by atoms with Crippen LogP contribution in [0.15, 0.2) is 24.3 Å². The van der Waals surface area contributed by atoms with E-state index in [1.807, 2.05) is 0 Å². The number of hydrogen-bond donors (Lipinski definition) is 1. The van der Waals surface area contributed by atoms with Crippen molar-refractivity contribution < 1.29 is 22.8 Å². The highest BCUT2D eigenvalue weighted by molar-refractivity contribution is 7.99. The Bertz CT molecular complexity index is 631. The third-order valence-corrected chi connectivity index (χ3v) is 4.86. The molecule has 124 valence electrons. The van der Waals surface area contributed by atoms with Gasteiger partial charge < -0.3 is 10.2 Å². The number of alkyl halides is 3.